The molecule has 1 N–H and O–H groups in total. The third kappa shape index (κ3) is 2.09. The molecular formula is C18H14O5. The smallest absolute Gasteiger partial charge is 0.374 e. The average molecular weight is 310 g/mol. The molecule has 0 atom stereocenters. The van der Waals surface area contributed by atoms with E-state index < -0.39 is 5.97 Å². The van der Waals surface area contributed by atoms with Crippen molar-refractivity contribution in [2.75, 3.05) is 6.61 Å². The summed E-state index contributed by atoms with van der Waals surface area (Å²) in [5.41, 5.74) is 2.79. The second-order valence-electron chi connectivity index (χ2n) is 5.27. The van der Waals surface area contributed by atoms with Crippen LogP contribution in [0.5, 0.6) is 0 Å². The van der Waals surface area contributed by atoms with Gasteiger partial charge < -0.3 is 18.7 Å². The lowest BCUT2D eigenvalue weighted by Crippen LogP contribution is -2.02. The molecule has 0 amide bonds. The number of hydrogen-bond donors (Lipinski definition) is 1. The van der Waals surface area contributed by atoms with Crippen molar-refractivity contribution in [1.82, 2.24) is 0 Å². The molecule has 0 fully saturated rings. The number of furan rings is 2. The summed E-state index contributed by atoms with van der Waals surface area (Å²) in [4.78, 5) is 11.9. The van der Waals surface area contributed by atoms with E-state index in [2.05, 4.69) is 0 Å². The van der Waals surface area contributed by atoms with E-state index in [1.165, 1.54) is 0 Å². The molecule has 5 nitrogen and oxygen atoms in total. The number of rotatable bonds is 3. The number of hydrogen-bond acceptors (Lipinski definition) is 5. The molecular weight excluding hydrogens is 296 g/mol. The van der Waals surface area contributed by atoms with Crippen LogP contribution in [0.25, 0.3) is 32.9 Å². The van der Waals surface area contributed by atoms with Crippen LogP contribution in [0.1, 0.15) is 23.0 Å². The predicted octanol–water partition coefficient (Wildman–Crippen LogP) is 4.00. The number of fused-ring (bicyclic) bond motifs is 5. The number of aliphatic hydroxyl groups excluding tert-OH is 1. The van der Waals surface area contributed by atoms with E-state index in [-0.39, 0.29) is 12.4 Å². The highest BCUT2D eigenvalue weighted by Gasteiger charge is 2.18. The van der Waals surface area contributed by atoms with Gasteiger partial charge in [0.15, 0.2) is 0 Å². The molecule has 0 bridgehead atoms. The van der Waals surface area contributed by atoms with Gasteiger partial charge in [0, 0.05) is 22.2 Å². The van der Waals surface area contributed by atoms with Crippen molar-refractivity contribution in [3.63, 3.8) is 0 Å². The van der Waals surface area contributed by atoms with Crippen molar-refractivity contribution >= 4 is 38.9 Å². The van der Waals surface area contributed by atoms with Gasteiger partial charge in [-0.2, -0.15) is 0 Å². The van der Waals surface area contributed by atoms with Crippen LogP contribution in [0, 0.1) is 0 Å². The minimum absolute atomic E-state index is 0.0406. The third-order valence-corrected chi connectivity index (χ3v) is 3.86. The van der Waals surface area contributed by atoms with Crippen LogP contribution in [-0.2, 0) is 11.3 Å². The Hall–Kier alpha value is -2.79. The highest BCUT2D eigenvalue weighted by Crippen LogP contribution is 2.36. The molecule has 0 radical (unpaired) electrons. The molecule has 0 unspecified atom stereocenters. The quantitative estimate of drug-likeness (QED) is 0.579. The fraction of sp³-hybridized carbons (Fsp3) is 0.167. The van der Waals surface area contributed by atoms with Gasteiger partial charge in [-0.05, 0) is 30.7 Å². The van der Waals surface area contributed by atoms with Gasteiger partial charge in [-0.25, -0.2) is 4.79 Å². The van der Waals surface area contributed by atoms with Crippen molar-refractivity contribution in [2.45, 2.75) is 13.5 Å². The second kappa shape index (κ2) is 5.14. The Labute approximate surface area is 131 Å². The van der Waals surface area contributed by atoms with Gasteiger partial charge in [0.25, 0.3) is 0 Å². The number of ether oxygens (including phenoxy) is 1. The van der Waals surface area contributed by atoms with Crippen LogP contribution in [0.4, 0.5) is 0 Å². The molecule has 0 aliphatic rings. The molecule has 2 aromatic carbocycles. The fourth-order valence-electron chi connectivity index (χ4n) is 2.83. The zero-order valence-electron chi connectivity index (χ0n) is 12.5. The predicted molar refractivity (Wildman–Crippen MR) is 85.4 cm³/mol. The number of aliphatic hydroxyl groups is 1. The minimum Gasteiger partial charge on any atom is -0.460 e. The third-order valence-electron chi connectivity index (χ3n) is 3.86. The fourth-order valence-corrected chi connectivity index (χ4v) is 2.83. The lowest BCUT2D eigenvalue weighted by molar-refractivity contribution is 0.0492. The van der Waals surface area contributed by atoms with Crippen molar-refractivity contribution < 1.29 is 23.5 Å². The van der Waals surface area contributed by atoms with Crippen molar-refractivity contribution in [1.29, 1.82) is 0 Å². The SMILES string of the molecule is CCOC(=O)c1cc2c(ccc3oc4cc(CO)ccc4c32)o1. The van der Waals surface area contributed by atoms with E-state index in [1.807, 2.05) is 24.3 Å². The van der Waals surface area contributed by atoms with E-state index in [0.717, 1.165) is 21.7 Å². The van der Waals surface area contributed by atoms with E-state index in [4.69, 9.17) is 13.6 Å². The van der Waals surface area contributed by atoms with Crippen molar-refractivity contribution in [3.05, 3.63) is 47.7 Å². The van der Waals surface area contributed by atoms with Crippen LogP contribution in [0.2, 0.25) is 0 Å². The number of carbonyl (C=O) groups excluding carboxylic acids is 1. The molecule has 0 saturated heterocycles. The summed E-state index contributed by atoms with van der Waals surface area (Å²) in [6.07, 6.45) is 0. The van der Waals surface area contributed by atoms with Crippen LogP contribution in [-0.4, -0.2) is 17.7 Å². The number of carbonyl (C=O) groups is 1. The van der Waals surface area contributed by atoms with E-state index >= 15 is 0 Å². The van der Waals surface area contributed by atoms with Crippen LogP contribution >= 0.6 is 0 Å². The lowest BCUT2D eigenvalue weighted by atomic mass is 10.1. The Balaban J connectivity index is 2.01. The average Bonchev–Trinajstić information content (AvgIpc) is 3.14. The van der Waals surface area contributed by atoms with Gasteiger partial charge in [-0.15, -0.1) is 0 Å². The maximum absolute atomic E-state index is 11.9. The summed E-state index contributed by atoms with van der Waals surface area (Å²) in [6.45, 7) is 2.01. The van der Waals surface area contributed by atoms with Gasteiger partial charge in [-0.1, -0.05) is 12.1 Å². The first kappa shape index (κ1) is 13.8. The molecule has 2 aromatic heterocycles. The lowest BCUT2D eigenvalue weighted by Gasteiger charge is -1.95. The van der Waals surface area contributed by atoms with Crippen LogP contribution < -0.4 is 0 Å². The molecule has 4 rings (SSSR count). The van der Waals surface area contributed by atoms with Crippen molar-refractivity contribution in [2.24, 2.45) is 0 Å². The van der Waals surface area contributed by atoms with Crippen LogP contribution in [0.15, 0.2) is 45.2 Å². The van der Waals surface area contributed by atoms with Gasteiger partial charge >= 0.3 is 5.97 Å². The molecule has 0 saturated carbocycles. The van der Waals surface area contributed by atoms with E-state index in [9.17, 15) is 9.90 Å². The largest absolute Gasteiger partial charge is 0.460 e. The summed E-state index contributed by atoms with van der Waals surface area (Å²) >= 11 is 0. The molecule has 0 aliphatic carbocycles. The molecule has 0 spiro atoms. The van der Waals surface area contributed by atoms with Gasteiger partial charge in [0.1, 0.15) is 16.7 Å². The standard InChI is InChI=1S/C18H14O5/c1-2-21-18(20)16-8-12-13(22-16)5-6-14-17(12)11-4-3-10(9-19)7-15(11)23-14/h3-8,19H,2,9H2,1H3. The molecule has 4 aromatic rings. The van der Waals surface area contributed by atoms with Gasteiger partial charge in [-0.3, -0.25) is 0 Å². The first-order valence-electron chi connectivity index (χ1n) is 7.37. The van der Waals surface area contributed by atoms with Gasteiger partial charge in [0.2, 0.25) is 5.76 Å². The zero-order valence-corrected chi connectivity index (χ0v) is 12.5. The Morgan fingerprint density at radius 3 is 2.65 bits per heavy atom. The highest BCUT2D eigenvalue weighted by atomic mass is 16.5. The topological polar surface area (TPSA) is 72.8 Å². The summed E-state index contributed by atoms with van der Waals surface area (Å²) in [7, 11) is 0. The minimum atomic E-state index is -0.479. The molecule has 5 heteroatoms. The Bertz CT molecular complexity index is 1040. The maximum Gasteiger partial charge on any atom is 0.374 e. The van der Waals surface area contributed by atoms with Gasteiger partial charge in [0.05, 0.1) is 13.2 Å². The zero-order chi connectivity index (χ0) is 16.0. The Morgan fingerprint density at radius 1 is 1.04 bits per heavy atom. The summed E-state index contributed by atoms with van der Waals surface area (Å²) in [5.74, 6) is -0.303. The molecule has 0 aliphatic heterocycles. The Kier molecular flexibility index (Phi) is 3.09. The highest BCUT2D eigenvalue weighted by molar-refractivity contribution is 6.18. The monoisotopic (exact) mass is 310 g/mol. The summed E-state index contributed by atoms with van der Waals surface area (Å²) in [6, 6.07) is 10.8. The molecule has 2 heterocycles. The Morgan fingerprint density at radius 2 is 1.87 bits per heavy atom. The van der Waals surface area contributed by atoms with Crippen molar-refractivity contribution in [3.8, 4) is 0 Å². The molecule has 116 valence electrons. The second-order valence-corrected chi connectivity index (χ2v) is 5.27. The number of esters is 1. The van der Waals surface area contributed by atoms with E-state index in [0.29, 0.717) is 23.4 Å². The first-order valence-corrected chi connectivity index (χ1v) is 7.37. The number of benzene rings is 2. The van der Waals surface area contributed by atoms with Crippen LogP contribution in [0.3, 0.4) is 0 Å². The van der Waals surface area contributed by atoms with E-state index in [1.54, 1.807) is 19.1 Å². The maximum atomic E-state index is 11.9. The summed E-state index contributed by atoms with van der Waals surface area (Å²) < 4.78 is 16.4. The first-order chi connectivity index (χ1) is 11.2. The molecule has 23 heavy (non-hydrogen) atoms. The summed E-state index contributed by atoms with van der Waals surface area (Å²) in [5, 5.41) is 11.9. The normalized spacial score (nSPS) is 11.6.